The Hall–Kier alpha value is -1.64. The quantitative estimate of drug-likeness (QED) is 0.657. The smallest absolute Gasteiger partial charge is 0.206 e. The summed E-state index contributed by atoms with van der Waals surface area (Å²) in [6, 6.07) is 5.12. The molecule has 0 bridgehead atoms. The van der Waals surface area contributed by atoms with Gasteiger partial charge < -0.3 is 4.98 Å². The lowest BCUT2D eigenvalue weighted by Crippen LogP contribution is -2.09. The van der Waals surface area contributed by atoms with Crippen molar-refractivity contribution < 1.29 is 0 Å². The van der Waals surface area contributed by atoms with Crippen LogP contribution in [0.3, 0.4) is 0 Å². The molecule has 0 fully saturated rings. The van der Waals surface area contributed by atoms with E-state index in [1.807, 2.05) is 19.9 Å². The van der Waals surface area contributed by atoms with Gasteiger partial charge in [-0.1, -0.05) is 6.07 Å². The summed E-state index contributed by atoms with van der Waals surface area (Å²) < 4.78 is 0. The third kappa shape index (κ3) is 1.22. The summed E-state index contributed by atoms with van der Waals surface area (Å²) in [4.78, 5) is 18.7. The van der Waals surface area contributed by atoms with Gasteiger partial charge in [0.25, 0.3) is 0 Å². The van der Waals surface area contributed by atoms with Gasteiger partial charge >= 0.3 is 0 Å². The van der Waals surface area contributed by atoms with Gasteiger partial charge in [-0.15, -0.1) is 0 Å². The fourth-order valence-electron chi connectivity index (χ4n) is 1.28. The summed E-state index contributed by atoms with van der Waals surface area (Å²) in [5.74, 6) is 0. The largest absolute Gasteiger partial charge is 0.356 e. The zero-order valence-electron chi connectivity index (χ0n) is 7.59. The summed E-state index contributed by atoms with van der Waals surface area (Å²) in [5.41, 5.74) is 3.16. The molecule has 0 saturated carbocycles. The van der Waals surface area contributed by atoms with Gasteiger partial charge in [-0.2, -0.15) is 0 Å². The van der Waals surface area contributed by atoms with Crippen LogP contribution in [0.2, 0.25) is 0 Å². The van der Waals surface area contributed by atoms with Crippen LogP contribution in [-0.4, -0.2) is 9.97 Å². The molecule has 1 N–H and O–H groups in total. The number of rotatable bonds is 0. The first-order valence-electron chi connectivity index (χ1n) is 4.15. The predicted molar refractivity (Wildman–Crippen MR) is 51.0 cm³/mol. The Morgan fingerprint density at radius 3 is 2.85 bits per heavy atom. The van der Waals surface area contributed by atoms with Crippen molar-refractivity contribution in [2.24, 2.45) is 0 Å². The van der Waals surface area contributed by atoms with E-state index in [0.29, 0.717) is 5.69 Å². The number of hydrogen-bond donors (Lipinski definition) is 1. The monoisotopic (exact) mass is 174 g/mol. The van der Waals surface area contributed by atoms with E-state index in [-0.39, 0.29) is 5.43 Å². The molecule has 1 aliphatic carbocycles. The lowest BCUT2D eigenvalue weighted by Gasteiger charge is -2.07. The Kier molecular flexibility index (Phi) is 1.65. The third-order valence-corrected chi connectivity index (χ3v) is 2.14. The highest BCUT2D eigenvalue weighted by atomic mass is 16.1. The molecule has 0 aromatic carbocycles. The summed E-state index contributed by atoms with van der Waals surface area (Å²) in [6.45, 7) is 3.83. The van der Waals surface area contributed by atoms with Gasteiger partial charge in [0.1, 0.15) is 5.69 Å². The standard InChI is InChI=1S/C10H10N2O/c1-6-7(2)12-10-8(11-6)4-3-5-9(10)13/h3-5,11H,1-2H3. The Morgan fingerprint density at radius 2 is 2.08 bits per heavy atom. The van der Waals surface area contributed by atoms with Crippen LogP contribution in [0.25, 0.3) is 11.4 Å². The highest BCUT2D eigenvalue weighted by molar-refractivity contribution is 5.55. The fourth-order valence-corrected chi connectivity index (χ4v) is 1.28. The van der Waals surface area contributed by atoms with E-state index in [9.17, 15) is 4.79 Å². The van der Waals surface area contributed by atoms with Gasteiger partial charge in [-0.25, -0.2) is 4.98 Å². The van der Waals surface area contributed by atoms with Crippen molar-refractivity contribution in [2.45, 2.75) is 13.8 Å². The molecule has 66 valence electrons. The minimum atomic E-state index is -0.0307. The van der Waals surface area contributed by atoms with E-state index >= 15 is 0 Å². The SMILES string of the molecule is Cc1nc2c(=O)cccc-2[nH]c1C. The minimum Gasteiger partial charge on any atom is -0.356 e. The Labute approximate surface area is 75.8 Å². The second-order valence-electron chi connectivity index (χ2n) is 3.10. The molecule has 0 radical (unpaired) electrons. The van der Waals surface area contributed by atoms with Gasteiger partial charge in [0.2, 0.25) is 5.43 Å². The van der Waals surface area contributed by atoms with Crippen LogP contribution < -0.4 is 5.43 Å². The van der Waals surface area contributed by atoms with Crippen LogP contribution in [0.15, 0.2) is 23.0 Å². The number of hydrogen-bond acceptors (Lipinski definition) is 2. The van der Waals surface area contributed by atoms with Crippen molar-refractivity contribution in [2.75, 3.05) is 0 Å². The molecule has 0 saturated heterocycles. The molecule has 2 rings (SSSR count). The van der Waals surface area contributed by atoms with Crippen molar-refractivity contribution in [3.8, 4) is 11.4 Å². The topological polar surface area (TPSA) is 45.8 Å². The number of fused-ring (bicyclic) bond motifs is 1. The van der Waals surface area contributed by atoms with Crippen molar-refractivity contribution >= 4 is 0 Å². The fraction of sp³-hybridized carbons (Fsp3) is 0.200. The normalized spacial score (nSPS) is 10.6. The first-order chi connectivity index (χ1) is 6.18. The van der Waals surface area contributed by atoms with E-state index < -0.39 is 0 Å². The maximum Gasteiger partial charge on any atom is 0.206 e. The van der Waals surface area contributed by atoms with E-state index in [4.69, 9.17) is 0 Å². The molecule has 0 spiro atoms. The van der Waals surface area contributed by atoms with Crippen LogP contribution in [0.1, 0.15) is 11.4 Å². The van der Waals surface area contributed by atoms with Crippen molar-refractivity contribution in [1.82, 2.24) is 9.97 Å². The summed E-state index contributed by atoms with van der Waals surface area (Å²) in [5, 5.41) is 0. The lowest BCUT2D eigenvalue weighted by molar-refractivity contribution is 1.04. The molecule has 1 heterocycles. The van der Waals surface area contributed by atoms with Crippen molar-refractivity contribution in [1.29, 1.82) is 0 Å². The third-order valence-electron chi connectivity index (χ3n) is 2.14. The van der Waals surface area contributed by atoms with Gasteiger partial charge in [0.05, 0.1) is 11.4 Å². The van der Waals surface area contributed by atoms with Gasteiger partial charge in [0.15, 0.2) is 0 Å². The minimum absolute atomic E-state index is 0.0307. The number of aromatic amines is 1. The molecule has 0 aromatic heterocycles. The van der Waals surface area contributed by atoms with Gasteiger partial charge in [0, 0.05) is 5.69 Å². The van der Waals surface area contributed by atoms with Crippen molar-refractivity contribution in [3.05, 3.63) is 39.8 Å². The maximum atomic E-state index is 11.4. The molecule has 1 aliphatic heterocycles. The van der Waals surface area contributed by atoms with Crippen LogP contribution in [-0.2, 0) is 0 Å². The summed E-state index contributed by atoms with van der Waals surface area (Å²) in [7, 11) is 0. The number of para-hydroxylation sites is 1. The van der Waals surface area contributed by atoms with E-state index in [2.05, 4.69) is 9.97 Å². The van der Waals surface area contributed by atoms with Crippen LogP contribution in [0.5, 0.6) is 0 Å². The van der Waals surface area contributed by atoms with Crippen LogP contribution in [0, 0.1) is 13.8 Å². The number of nitrogens with zero attached hydrogens (tertiary/aromatic N) is 1. The number of aryl methyl sites for hydroxylation is 2. The number of nitrogens with one attached hydrogen (secondary N) is 1. The first kappa shape index (κ1) is 7.98. The maximum absolute atomic E-state index is 11.4. The zero-order chi connectivity index (χ0) is 9.42. The molecular formula is C10H10N2O. The zero-order valence-corrected chi connectivity index (χ0v) is 7.59. The Bertz CT molecular complexity index is 473. The van der Waals surface area contributed by atoms with Crippen LogP contribution >= 0.6 is 0 Å². The molecular weight excluding hydrogens is 164 g/mol. The highest BCUT2D eigenvalue weighted by Gasteiger charge is 2.08. The highest BCUT2D eigenvalue weighted by Crippen LogP contribution is 2.13. The predicted octanol–water partition coefficient (Wildman–Crippen LogP) is 1.49. The van der Waals surface area contributed by atoms with E-state index in [1.165, 1.54) is 6.07 Å². The van der Waals surface area contributed by atoms with E-state index in [0.717, 1.165) is 17.1 Å². The Balaban J connectivity index is 2.89. The number of H-pyrrole nitrogens is 1. The van der Waals surface area contributed by atoms with Gasteiger partial charge in [-0.3, -0.25) is 4.79 Å². The van der Waals surface area contributed by atoms with Crippen LogP contribution in [0.4, 0.5) is 0 Å². The Morgan fingerprint density at radius 1 is 1.31 bits per heavy atom. The molecule has 2 aliphatic rings. The summed E-state index contributed by atoms with van der Waals surface area (Å²) >= 11 is 0. The second-order valence-corrected chi connectivity index (χ2v) is 3.10. The number of benzene rings is 1. The average Bonchev–Trinajstić information content (AvgIpc) is 2.09. The molecule has 0 unspecified atom stereocenters. The molecule has 3 heteroatoms. The molecule has 3 nitrogen and oxygen atoms in total. The van der Waals surface area contributed by atoms with Gasteiger partial charge in [-0.05, 0) is 26.0 Å². The van der Waals surface area contributed by atoms with E-state index in [1.54, 1.807) is 6.07 Å². The van der Waals surface area contributed by atoms with Crippen molar-refractivity contribution in [3.63, 3.8) is 0 Å². The number of aromatic nitrogens is 2. The second kappa shape index (κ2) is 2.69. The lowest BCUT2D eigenvalue weighted by atomic mass is 10.2. The molecule has 13 heavy (non-hydrogen) atoms. The molecule has 0 amide bonds. The first-order valence-corrected chi connectivity index (χ1v) is 4.15. The summed E-state index contributed by atoms with van der Waals surface area (Å²) in [6.07, 6.45) is 0. The molecule has 0 atom stereocenters. The average molecular weight is 174 g/mol. The molecule has 0 aromatic rings.